The van der Waals surface area contributed by atoms with Gasteiger partial charge in [-0.1, -0.05) is 27.7 Å². The van der Waals surface area contributed by atoms with Crippen molar-refractivity contribution < 1.29 is 4.79 Å². The summed E-state index contributed by atoms with van der Waals surface area (Å²) in [5.74, 6) is 0.226. The molecule has 1 aliphatic rings. The first-order valence-corrected chi connectivity index (χ1v) is 5.12. The Kier molecular flexibility index (Phi) is 10.9. The van der Waals surface area contributed by atoms with Crippen LogP contribution in [-0.4, -0.2) is 49.4 Å². The molecule has 0 saturated carbocycles. The van der Waals surface area contributed by atoms with E-state index in [0.29, 0.717) is 6.54 Å². The Bertz CT molecular complexity index is 126. The van der Waals surface area contributed by atoms with Gasteiger partial charge in [0.2, 0.25) is 5.91 Å². The Morgan fingerprint density at radius 1 is 1.00 bits per heavy atom. The Morgan fingerprint density at radius 3 is 1.77 bits per heavy atom. The van der Waals surface area contributed by atoms with Gasteiger partial charge in [0, 0.05) is 20.1 Å². The van der Waals surface area contributed by atoms with Crippen LogP contribution in [0.2, 0.25) is 0 Å². The summed E-state index contributed by atoms with van der Waals surface area (Å²) in [6, 6.07) is 0. The van der Waals surface area contributed by atoms with Crippen molar-refractivity contribution >= 4 is 5.91 Å². The third-order valence-corrected chi connectivity index (χ3v) is 1.65. The molecule has 1 heterocycles. The van der Waals surface area contributed by atoms with Crippen molar-refractivity contribution in [2.75, 3.05) is 33.7 Å². The smallest absolute Gasteiger partial charge is 0.236 e. The van der Waals surface area contributed by atoms with Gasteiger partial charge in [-0.25, -0.2) is 0 Å². The number of piperazine rings is 1. The highest BCUT2D eigenvalue weighted by molar-refractivity contribution is 5.78. The SMILES string of the molecule is CC.CC.CN1CCN(C)C(=O)C1. The van der Waals surface area contributed by atoms with E-state index < -0.39 is 0 Å². The number of likely N-dealkylation sites (N-methyl/N-ethyl adjacent to an activating group) is 2. The molecule has 80 valence electrons. The number of nitrogens with zero attached hydrogens (tertiary/aromatic N) is 2. The molecule has 0 aliphatic carbocycles. The summed E-state index contributed by atoms with van der Waals surface area (Å²) in [6.45, 7) is 10.5. The quantitative estimate of drug-likeness (QED) is 0.574. The van der Waals surface area contributed by atoms with Gasteiger partial charge in [-0.2, -0.15) is 0 Å². The molecule has 0 radical (unpaired) electrons. The number of carbonyl (C=O) groups excluding carboxylic acids is 1. The van der Waals surface area contributed by atoms with Crippen molar-refractivity contribution in [2.24, 2.45) is 0 Å². The largest absolute Gasteiger partial charge is 0.343 e. The van der Waals surface area contributed by atoms with Crippen molar-refractivity contribution in [1.82, 2.24) is 9.80 Å². The molecule has 0 aromatic carbocycles. The molecular weight excluding hydrogens is 164 g/mol. The predicted octanol–water partition coefficient (Wildman–Crippen LogP) is 1.44. The van der Waals surface area contributed by atoms with Crippen LogP contribution >= 0.6 is 0 Å². The predicted molar refractivity (Wildman–Crippen MR) is 57.8 cm³/mol. The summed E-state index contributed by atoms with van der Waals surface area (Å²) in [4.78, 5) is 14.7. The third-order valence-electron chi connectivity index (χ3n) is 1.65. The monoisotopic (exact) mass is 188 g/mol. The molecule has 3 heteroatoms. The minimum absolute atomic E-state index is 0.226. The third kappa shape index (κ3) is 6.58. The van der Waals surface area contributed by atoms with Gasteiger partial charge in [0.15, 0.2) is 0 Å². The van der Waals surface area contributed by atoms with Gasteiger partial charge in [0.1, 0.15) is 0 Å². The minimum Gasteiger partial charge on any atom is -0.343 e. The van der Waals surface area contributed by atoms with Crippen LogP contribution in [0.15, 0.2) is 0 Å². The van der Waals surface area contributed by atoms with Crippen molar-refractivity contribution in [3.05, 3.63) is 0 Å². The van der Waals surface area contributed by atoms with E-state index in [-0.39, 0.29) is 5.91 Å². The molecule has 0 aromatic heterocycles. The first kappa shape index (κ1) is 14.9. The lowest BCUT2D eigenvalue weighted by atomic mass is 10.3. The molecule has 0 N–H and O–H groups in total. The molecule has 1 saturated heterocycles. The Labute approximate surface area is 82.7 Å². The maximum absolute atomic E-state index is 10.9. The van der Waals surface area contributed by atoms with Gasteiger partial charge in [0.05, 0.1) is 6.54 Å². The molecule has 0 spiro atoms. The van der Waals surface area contributed by atoms with E-state index in [1.807, 2.05) is 46.7 Å². The molecule has 1 fully saturated rings. The number of carbonyl (C=O) groups is 1. The van der Waals surface area contributed by atoms with Crippen molar-refractivity contribution in [2.45, 2.75) is 27.7 Å². The molecule has 0 unspecified atom stereocenters. The molecule has 1 rings (SSSR count). The lowest BCUT2D eigenvalue weighted by molar-refractivity contribution is -0.133. The second-order valence-electron chi connectivity index (χ2n) is 2.55. The highest BCUT2D eigenvalue weighted by Gasteiger charge is 2.16. The van der Waals surface area contributed by atoms with Crippen LogP contribution in [0.1, 0.15) is 27.7 Å². The zero-order chi connectivity index (χ0) is 10.9. The Hall–Kier alpha value is -0.570. The Morgan fingerprint density at radius 2 is 1.46 bits per heavy atom. The molecule has 3 nitrogen and oxygen atoms in total. The number of hydrogen-bond acceptors (Lipinski definition) is 2. The molecule has 1 aliphatic heterocycles. The zero-order valence-corrected chi connectivity index (χ0v) is 9.92. The second-order valence-corrected chi connectivity index (χ2v) is 2.55. The number of rotatable bonds is 0. The van der Waals surface area contributed by atoms with Gasteiger partial charge < -0.3 is 4.90 Å². The van der Waals surface area contributed by atoms with Crippen LogP contribution in [0.25, 0.3) is 0 Å². The van der Waals surface area contributed by atoms with E-state index in [2.05, 4.69) is 0 Å². The fraction of sp³-hybridized carbons (Fsp3) is 0.900. The van der Waals surface area contributed by atoms with Crippen LogP contribution in [0.5, 0.6) is 0 Å². The first-order chi connectivity index (χ1) is 6.20. The van der Waals surface area contributed by atoms with Crippen LogP contribution < -0.4 is 0 Å². The lowest BCUT2D eigenvalue weighted by Gasteiger charge is -2.28. The maximum Gasteiger partial charge on any atom is 0.236 e. The normalized spacial score (nSPS) is 16.8. The molecule has 0 atom stereocenters. The molecular formula is C10H24N2O. The molecule has 0 aromatic rings. The standard InChI is InChI=1S/C6H12N2O.2C2H6/c1-7-3-4-8(2)6(9)5-7;2*1-2/h3-5H2,1-2H3;2*1-2H3. The van der Waals surface area contributed by atoms with Crippen molar-refractivity contribution in [3.63, 3.8) is 0 Å². The van der Waals surface area contributed by atoms with Gasteiger partial charge in [-0.3, -0.25) is 9.69 Å². The van der Waals surface area contributed by atoms with Gasteiger partial charge >= 0.3 is 0 Å². The van der Waals surface area contributed by atoms with Crippen LogP contribution in [0.3, 0.4) is 0 Å². The van der Waals surface area contributed by atoms with Crippen LogP contribution in [-0.2, 0) is 4.79 Å². The van der Waals surface area contributed by atoms with E-state index in [4.69, 9.17) is 0 Å². The second kappa shape index (κ2) is 9.52. The van der Waals surface area contributed by atoms with Gasteiger partial charge in [0.25, 0.3) is 0 Å². The average molecular weight is 188 g/mol. The van der Waals surface area contributed by atoms with E-state index in [1.54, 1.807) is 4.90 Å². The van der Waals surface area contributed by atoms with E-state index in [0.717, 1.165) is 13.1 Å². The Balaban J connectivity index is 0. The summed E-state index contributed by atoms with van der Waals surface area (Å²) >= 11 is 0. The van der Waals surface area contributed by atoms with E-state index >= 15 is 0 Å². The molecule has 0 bridgehead atoms. The summed E-state index contributed by atoms with van der Waals surface area (Å²) in [5, 5.41) is 0. The first-order valence-electron chi connectivity index (χ1n) is 5.12. The summed E-state index contributed by atoms with van der Waals surface area (Å²) in [7, 11) is 3.81. The van der Waals surface area contributed by atoms with Gasteiger partial charge in [-0.05, 0) is 7.05 Å². The van der Waals surface area contributed by atoms with Crippen LogP contribution in [0, 0.1) is 0 Å². The average Bonchev–Trinajstić information content (AvgIpc) is 2.18. The molecule has 13 heavy (non-hydrogen) atoms. The lowest BCUT2D eigenvalue weighted by Crippen LogP contribution is -2.46. The van der Waals surface area contributed by atoms with E-state index in [9.17, 15) is 4.79 Å². The zero-order valence-electron chi connectivity index (χ0n) is 9.92. The van der Waals surface area contributed by atoms with Crippen molar-refractivity contribution in [1.29, 1.82) is 0 Å². The van der Waals surface area contributed by atoms with E-state index in [1.165, 1.54) is 0 Å². The number of hydrogen-bond donors (Lipinski definition) is 0. The topological polar surface area (TPSA) is 23.6 Å². The summed E-state index contributed by atoms with van der Waals surface area (Å²) in [5.41, 5.74) is 0. The fourth-order valence-corrected chi connectivity index (χ4v) is 0.876. The maximum atomic E-state index is 10.9. The summed E-state index contributed by atoms with van der Waals surface area (Å²) in [6.07, 6.45) is 0. The van der Waals surface area contributed by atoms with Gasteiger partial charge in [-0.15, -0.1) is 0 Å². The summed E-state index contributed by atoms with van der Waals surface area (Å²) < 4.78 is 0. The van der Waals surface area contributed by atoms with Crippen molar-refractivity contribution in [3.8, 4) is 0 Å². The molecule has 1 amide bonds. The highest BCUT2D eigenvalue weighted by Crippen LogP contribution is 1.95. The minimum atomic E-state index is 0.226. The number of amides is 1. The fourth-order valence-electron chi connectivity index (χ4n) is 0.876. The van der Waals surface area contributed by atoms with Crippen LogP contribution in [0.4, 0.5) is 0 Å². The highest BCUT2D eigenvalue weighted by atomic mass is 16.2.